The standard InChI is InChI=1S/C29H24N2O4.HI.HN.W.H/c1-18-27(28(33)22-11-6-8-19-7-2-3-9-21(19)22)23-10-4-5-12-25(23)31(18)16-15-30-20-13-14-24(29(34)35)26(32)17-20;;;;/h2-14,17,30,32H,15-16H2,1H3,(H,34,35);2*1H;;/q;;;+1;/p-1/i;;;;1+1. The zero-order chi connectivity index (χ0) is 28.1. The number of nitrogens with one attached hydrogen (secondary N) is 2. The fourth-order valence-corrected chi connectivity index (χ4v) is 4.70. The summed E-state index contributed by atoms with van der Waals surface area (Å²) in [4.78, 5) is 24.9. The minimum atomic E-state index is -2.06. The number of nitrogens with zero attached hydrogens (tertiary/aromatic N) is 1. The van der Waals surface area contributed by atoms with Crippen molar-refractivity contribution in [2.24, 2.45) is 0 Å². The predicted octanol–water partition coefficient (Wildman–Crippen LogP) is 6.76. The summed E-state index contributed by atoms with van der Waals surface area (Å²) in [6.45, 7) is 3.07. The summed E-state index contributed by atoms with van der Waals surface area (Å²) in [6.07, 6.45) is 0. The van der Waals surface area contributed by atoms with Gasteiger partial charge < -0.3 is 20.1 Å². The number of fused-ring (bicyclic) bond motifs is 2. The average molecular weight is 792 g/mol. The van der Waals surface area contributed by atoms with E-state index in [2.05, 4.69) is 9.88 Å². The molecular weight excluding hydrogens is 765 g/mol. The van der Waals surface area contributed by atoms with Gasteiger partial charge in [0.25, 0.3) is 0 Å². The van der Waals surface area contributed by atoms with Gasteiger partial charge in [0, 0.05) is 47.0 Å². The van der Waals surface area contributed by atoms with Gasteiger partial charge in [0.2, 0.25) is 0 Å². The predicted molar refractivity (Wildman–Crippen MR) is 156 cm³/mol. The number of carboxylic acids is 1. The van der Waals surface area contributed by atoms with Crippen LogP contribution in [0, 0.1) is 10.8 Å². The molecule has 5 aromatic rings. The molecule has 1 heterocycles. The van der Waals surface area contributed by atoms with Gasteiger partial charge in [-0.1, -0.05) is 60.7 Å². The zero-order valence-corrected chi connectivity index (χ0v) is 25.5. The molecule has 4 aromatic carbocycles. The average Bonchev–Trinajstić information content (AvgIpc) is 3.18. The van der Waals surface area contributed by atoms with Gasteiger partial charge in [0.05, 0.1) is 5.56 Å². The SMILES string of the molecule is Cc1c(C(=O)c2cccc3ccccc23)c2ccccc2n1CCNc1ccc(C(=O)O)c(O)c1.[2H][W](=[NH])[I]. The maximum absolute atomic E-state index is 13.8. The van der Waals surface area contributed by atoms with Crippen molar-refractivity contribution in [2.45, 2.75) is 13.5 Å². The summed E-state index contributed by atoms with van der Waals surface area (Å²) >= 11 is -0.187. The maximum atomic E-state index is 13.8. The van der Waals surface area contributed by atoms with E-state index >= 15 is 0 Å². The Labute approximate surface area is 239 Å². The molecule has 0 saturated heterocycles. The second-order valence-corrected chi connectivity index (χ2v) is 12.7. The van der Waals surface area contributed by atoms with Gasteiger partial charge in [-0.3, -0.25) is 4.79 Å². The minimum absolute atomic E-state index is 0.00334. The summed E-state index contributed by atoms with van der Waals surface area (Å²) in [6, 6.07) is 26.0. The van der Waals surface area contributed by atoms with E-state index in [4.69, 9.17) is 9.77 Å². The second kappa shape index (κ2) is 12.5. The molecule has 1 aromatic heterocycles. The fraction of sp³-hybridized carbons (Fsp3) is 0.103. The van der Waals surface area contributed by atoms with Crippen LogP contribution in [0.1, 0.15) is 32.0 Å². The number of aromatic hydroxyl groups is 1. The molecule has 38 heavy (non-hydrogen) atoms. The van der Waals surface area contributed by atoms with Crippen molar-refractivity contribution in [1.29, 1.82) is 4.66 Å². The molecule has 0 radical (unpaired) electrons. The third-order valence-electron chi connectivity index (χ3n) is 6.38. The van der Waals surface area contributed by atoms with E-state index in [1.54, 1.807) is 6.07 Å². The van der Waals surface area contributed by atoms with Crippen LogP contribution in [-0.4, -0.2) is 33.8 Å². The molecule has 0 unspecified atom stereocenters. The van der Waals surface area contributed by atoms with Gasteiger partial charge in [-0.2, -0.15) is 0 Å². The molecule has 0 aliphatic heterocycles. The van der Waals surface area contributed by atoms with Crippen molar-refractivity contribution in [3.05, 3.63) is 107 Å². The number of ketones is 1. The van der Waals surface area contributed by atoms with E-state index < -0.39 is 20.5 Å². The molecule has 4 N–H and O–H groups in total. The topological polar surface area (TPSA) is 115 Å². The number of carboxylic acid groups (broad SMARTS) is 1. The Morgan fingerprint density at radius 1 is 1.00 bits per heavy atom. The van der Waals surface area contributed by atoms with Crippen molar-refractivity contribution < 1.29 is 34.3 Å². The number of para-hydroxylation sites is 1. The van der Waals surface area contributed by atoms with Crippen LogP contribution in [0.5, 0.6) is 5.75 Å². The first-order valence-corrected chi connectivity index (χ1v) is 21.5. The third kappa shape index (κ3) is 5.71. The van der Waals surface area contributed by atoms with E-state index in [1.165, 1.54) is 12.1 Å². The summed E-state index contributed by atoms with van der Waals surface area (Å²) in [5, 5.41) is 25.1. The van der Waals surface area contributed by atoms with Crippen LogP contribution < -0.4 is 5.32 Å². The Hall–Kier alpha value is -3.36. The van der Waals surface area contributed by atoms with Crippen LogP contribution in [0.2, 0.25) is 0 Å². The number of rotatable bonds is 7. The Morgan fingerprint density at radius 3 is 2.37 bits per heavy atom. The number of anilines is 1. The Kier molecular flexibility index (Phi) is 8.60. The number of phenols is 1. The quantitative estimate of drug-likeness (QED) is 0.108. The number of aromatic carboxylic acids is 1. The molecule has 0 atom stereocenters. The number of carbonyl (C=O) groups is 2. The van der Waals surface area contributed by atoms with Crippen molar-refractivity contribution in [1.82, 2.24) is 4.57 Å². The number of hydrogen-bond donors (Lipinski definition) is 4. The van der Waals surface area contributed by atoms with Gasteiger partial charge in [0.1, 0.15) is 11.3 Å². The van der Waals surface area contributed by atoms with Gasteiger partial charge in [-0.25, -0.2) is 4.79 Å². The van der Waals surface area contributed by atoms with E-state index in [0.29, 0.717) is 29.9 Å². The molecule has 0 aliphatic rings. The molecule has 0 aliphatic carbocycles. The van der Waals surface area contributed by atoms with Crippen LogP contribution in [0.25, 0.3) is 21.7 Å². The molecule has 194 valence electrons. The molecule has 0 fully saturated rings. The van der Waals surface area contributed by atoms with Gasteiger partial charge >= 0.3 is 44.5 Å². The number of halogens is 1. The van der Waals surface area contributed by atoms with Crippen LogP contribution in [-0.2, 0) is 21.1 Å². The Balaban J connectivity index is 0.000000826. The van der Waals surface area contributed by atoms with E-state index in [-0.39, 0.29) is 17.1 Å². The molecule has 0 saturated carbocycles. The van der Waals surface area contributed by atoms with Gasteiger partial charge in [-0.05, 0) is 35.9 Å². The first-order valence-electron chi connectivity index (χ1n) is 12.1. The van der Waals surface area contributed by atoms with Gasteiger partial charge in [-0.15, -0.1) is 0 Å². The van der Waals surface area contributed by atoms with Crippen LogP contribution in [0.3, 0.4) is 0 Å². The number of benzene rings is 4. The molecule has 9 heteroatoms. The molecule has 0 spiro atoms. The molecular formula is C29H26IN3O4W. The normalized spacial score (nSPS) is 11.2. The van der Waals surface area contributed by atoms with Crippen molar-refractivity contribution in [3.63, 3.8) is 0 Å². The first-order chi connectivity index (χ1) is 18.7. The van der Waals surface area contributed by atoms with Crippen LogP contribution in [0.4, 0.5) is 5.69 Å². The summed E-state index contributed by atoms with van der Waals surface area (Å²) < 4.78 is 15.0. The van der Waals surface area contributed by atoms with Crippen molar-refractivity contribution in [2.75, 3.05) is 11.9 Å². The molecule has 5 rings (SSSR count). The summed E-state index contributed by atoms with van der Waals surface area (Å²) in [5.74, 6) is -1.46. The summed E-state index contributed by atoms with van der Waals surface area (Å²) in [5.41, 5.74) is 3.71. The monoisotopic (exact) mass is 792 g/mol. The van der Waals surface area contributed by atoms with E-state index in [0.717, 1.165) is 27.4 Å². The first kappa shape index (κ1) is 26.3. The molecule has 7 nitrogen and oxygen atoms in total. The molecule has 0 bridgehead atoms. The zero-order valence-electron chi connectivity index (χ0n) is 21.4. The van der Waals surface area contributed by atoms with Crippen LogP contribution >= 0.6 is 19.4 Å². The number of aromatic nitrogens is 1. The number of hydrogen-bond acceptors (Lipinski definition) is 5. The third-order valence-corrected chi connectivity index (χ3v) is 6.38. The Bertz CT molecular complexity index is 1710. The van der Waals surface area contributed by atoms with Gasteiger partial charge in [0.15, 0.2) is 5.78 Å². The number of carbonyl (C=O) groups excluding carboxylic acids is 1. The van der Waals surface area contributed by atoms with Crippen molar-refractivity contribution >= 4 is 58.5 Å². The van der Waals surface area contributed by atoms with E-state index in [1.807, 2.05) is 93.0 Å². The van der Waals surface area contributed by atoms with Crippen molar-refractivity contribution in [3.8, 4) is 5.75 Å². The summed E-state index contributed by atoms with van der Waals surface area (Å²) in [7, 11) is 0. The Morgan fingerprint density at radius 2 is 1.66 bits per heavy atom. The molecule has 0 amide bonds. The fourth-order valence-electron chi connectivity index (χ4n) is 4.70. The van der Waals surface area contributed by atoms with Crippen LogP contribution in [0.15, 0.2) is 84.9 Å². The second-order valence-electron chi connectivity index (χ2n) is 8.53. The van der Waals surface area contributed by atoms with E-state index in [9.17, 15) is 14.7 Å².